The lowest BCUT2D eigenvalue weighted by Crippen LogP contribution is -2.23. The Kier molecular flexibility index (Phi) is 5.12. The second kappa shape index (κ2) is 7.65. The lowest BCUT2D eigenvalue weighted by atomic mass is 10.0. The number of aliphatic carboxylic acids is 1. The standard InChI is InChI=1S/C17H15NO3.C3H3N2/c1-11(17(20)21)12-6-8-14(9-7-12)18-10-13-4-2-3-5-15(13)16(18)19;1-2-5-3-4-1/h2-9,11H,10H2,1H3,(H,20,21);1-3H/q;-1. The zero-order chi connectivity index (χ0) is 18.5. The smallest absolute Gasteiger partial charge is 0.310 e. The van der Waals surface area contributed by atoms with E-state index >= 15 is 0 Å². The van der Waals surface area contributed by atoms with Gasteiger partial charge in [-0.15, -0.1) is 0 Å². The normalized spacial score (nSPS) is 13.6. The van der Waals surface area contributed by atoms with Gasteiger partial charge in [-0.25, -0.2) is 0 Å². The predicted octanol–water partition coefficient (Wildman–Crippen LogP) is 3.07. The topological polar surface area (TPSA) is 84.6 Å². The van der Waals surface area contributed by atoms with Crippen LogP contribution in [0.4, 0.5) is 5.69 Å². The summed E-state index contributed by atoms with van der Waals surface area (Å²) < 4.78 is 0. The van der Waals surface area contributed by atoms with Gasteiger partial charge in [0.2, 0.25) is 0 Å². The summed E-state index contributed by atoms with van der Waals surface area (Å²) in [4.78, 5) is 32.3. The molecule has 0 spiro atoms. The molecule has 2 aromatic carbocycles. The highest BCUT2D eigenvalue weighted by molar-refractivity contribution is 6.09. The van der Waals surface area contributed by atoms with Crippen LogP contribution in [0.25, 0.3) is 0 Å². The van der Waals surface area contributed by atoms with Gasteiger partial charge in [0.05, 0.1) is 12.5 Å². The number of aromatic nitrogens is 2. The first-order valence-corrected chi connectivity index (χ1v) is 8.17. The van der Waals surface area contributed by atoms with Crippen LogP contribution in [0.2, 0.25) is 0 Å². The van der Waals surface area contributed by atoms with E-state index in [2.05, 4.69) is 9.97 Å². The van der Waals surface area contributed by atoms with E-state index in [-0.39, 0.29) is 5.91 Å². The van der Waals surface area contributed by atoms with Crippen molar-refractivity contribution in [1.29, 1.82) is 0 Å². The summed E-state index contributed by atoms with van der Waals surface area (Å²) in [7, 11) is 0. The van der Waals surface area contributed by atoms with Crippen LogP contribution < -0.4 is 9.88 Å². The number of carbonyl (C=O) groups is 2. The van der Waals surface area contributed by atoms with Gasteiger partial charge in [0.1, 0.15) is 0 Å². The Morgan fingerprint density at radius 2 is 1.92 bits per heavy atom. The lowest BCUT2D eigenvalue weighted by Gasteiger charge is -2.16. The van der Waals surface area contributed by atoms with E-state index in [1.807, 2.05) is 24.3 Å². The van der Waals surface area contributed by atoms with E-state index < -0.39 is 11.9 Å². The third-order valence-electron chi connectivity index (χ3n) is 4.27. The van der Waals surface area contributed by atoms with Crippen molar-refractivity contribution in [2.45, 2.75) is 19.4 Å². The molecule has 0 radical (unpaired) electrons. The minimum atomic E-state index is -0.854. The Balaban J connectivity index is 0.000000339. The zero-order valence-corrected chi connectivity index (χ0v) is 14.2. The number of hydrogen-bond donors (Lipinski definition) is 1. The van der Waals surface area contributed by atoms with Crippen molar-refractivity contribution in [3.8, 4) is 0 Å². The van der Waals surface area contributed by atoms with E-state index in [1.54, 1.807) is 48.5 Å². The summed E-state index contributed by atoms with van der Waals surface area (Å²) in [5.74, 6) is -1.41. The molecule has 1 aromatic heterocycles. The highest BCUT2D eigenvalue weighted by Crippen LogP contribution is 2.29. The lowest BCUT2D eigenvalue weighted by molar-refractivity contribution is -0.138. The first-order chi connectivity index (χ1) is 12.6. The van der Waals surface area contributed by atoms with E-state index in [0.717, 1.165) is 22.4 Å². The molecule has 26 heavy (non-hydrogen) atoms. The second-order valence-electron chi connectivity index (χ2n) is 5.91. The molecule has 0 saturated heterocycles. The van der Waals surface area contributed by atoms with Gasteiger partial charge in [0, 0.05) is 11.3 Å². The Morgan fingerprint density at radius 1 is 1.19 bits per heavy atom. The maximum absolute atomic E-state index is 12.4. The molecule has 6 nitrogen and oxygen atoms in total. The number of fused-ring (bicyclic) bond motifs is 1. The molecule has 0 aliphatic carbocycles. The number of nitrogens with zero attached hydrogens (tertiary/aromatic N) is 3. The number of carbonyl (C=O) groups excluding carboxylic acids is 1. The fourth-order valence-electron chi connectivity index (χ4n) is 2.74. The number of rotatable bonds is 3. The number of benzene rings is 2. The van der Waals surface area contributed by atoms with Crippen molar-refractivity contribution >= 4 is 17.6 Å². The third-order valence-corrected chi connectivity index (χ3v) is 4.27. The monoisotopic (exact) mass is 348 g/mol. The minimum Gasteiger partial charge on any atom is -0.481 e. The quantitative estimate of drug-likeness (QED) is 0.786. The molecule has 1 N–H and O–H groups in total. The van der Waals surface area contributed by atoms with Crippen molar-refractivity contribution in [3.63, 3.8) is 0 Å². The molecule has 4 rings (SSSR count). The molecule has 0 fully saturated rings. The van der Waals surface area contributed by atoms with Crippen LogP contribution in [-0.4, -0.2) is 22.0 Å². The van der Waals surface area contributed by atoms with Gasteiger partial charge in [-0.05, 0) is 36.2 Å². The molecular formula is C20H18N3O3-. The van der Waals surface area contributed by atoms with Crippen LogP contribution >= 0.6 is 0 Å². The number of carboxylic acids is 1. The molecule has 1 atom stereocenters. The van der Waals surface area contributed by atoms with E-state index in [0.29, 0.717) is 6.54 Å². The van der Waals surface area contributed by atoms with E-state index in [1.165, 1.54) is 6.33 Å². The molecular weight excluding hydrogens is 330 g/mol. The van der Waals surface area contributed by atoms with Crippen molar-refractivity contribution in [3.05, 3.63) is 83.9 Å². The molecule has 132 valence electrons. The van der Waals surface area contributed by atoms with Crippen LogP contribution in [0.15, 0.2) is 67.3 Å². The maximum atomic E-state index is 12.4. The third kappa shape index (κ3) is 3.64. The Labute approximate surface area is 151 Å². The number of anilines is 1. The minimum absolute atomic E-state index is 0.00960. The summed E-state index contributed by atoms with van der Waals surface area (Å²) in [6, 6.07) is 14.7. The molecule has 1 aliphatic heterocycles. The molecule has 0 saturated carbocycles. The predicted molar refractivity (Wildman–Crippen MR) is 97.0 cm³/mol. The van der Waals surface area contributed by atoms with Crippen molar-refractivity contribution in [2.24, 2.45) is 0 Å². The molecule has 2 heterocycles. The number of amides is 1. The van der Waals surface area contributed by atoms with Crippen LogP contribution in [0.1, 0.15) is 34.3 Å². The first kappa shape index (κ1) is 17.4. The molecule has 0 bridgehead atoms. The van der Waals surface area contributed by atoms with E-state index in [9.17, 15) is 9.59 Å². The van der Waals surface area contributed by atoms with Crippen molar-refractivity contribution < 1.29 is 14.7 Å². The van der Waals surface area contributed by atoms with Gasteiger partial charge >= 0.3 is 5.97 Å². The summed E-state index contributed by atoms with van der Waals surface area (Å²) in [5.41, 5.74) is 3.28. The average molecular weight is 348 g/mol. The Bertz CT molecular complexity index is 872. The molecule has 3 aromatic rings. The van der Waals surface area contributed by atoms with Crippen LogP contribution in [0, 0.1) is 0 Å². The first-order valence-electron chi connectivity index (χ1n) is 8.17. The molecule has 1 unspecified atom stereocenters. The highest BCUT2D eigenvalue weighted by atomic mass is 16.4. The van der Waals surface area contributed by atoms with Gasteiger partial charge in [0.15, 0.2) is 0 Å². The Morgan fingerprint density at radius 3 is 2.46 bits per heavy atom. The Hall–Kier alpha value is -3.41. The van der Waals surface area contributed by atoms with Gasteiger partial charge < -0.3 is 20.0 Å². The average Bonchev–Trinajstić information content (AvgIpc) is 3.34. The number of carboxylic acid groups (broad SMARTS) is 1. The van der Waals surface area contributed by atoms with Crippen molar-refractivity contribution in [1.82, 2.24) is 9.97 Å². The number of hydrogen-bond acceptors (Lipinski definition) is 3. The van der Waals surface area contributed by atoms with E-state index in [4.69, 9.17) is 5.11 Å². The van der Waals surface area contributed by atoms with Crippen LogP contribution in [-0.2, 0) is 11.3 Å². The maximum Gasteiger partial charge on any atom is 0.310 e. The van der Waals surface area contributed by atoms with Crippen LogP contribution in [0.3, 0.4) is 0 Å². The molecule has 6 heteroatoms. The summed E-state index contributed by atoms with van der Waals surface area (Å²) in [5, 5.41) is 9.01. The summed E-state index contributed by atoms with van der Waals surface area (Å²) >= 11 is 0. The zero-order valence-electron chi connectivity index (χ0n) is 14.2. The fraction of sp³-hybridized carbons (Fsp3) is 0.150. The second-order valence-corrected chi connectivity index (χ2v) is 5.91. The highest BCUT2D eigenvalue weighted by Gasteiger charge is 2.28. The fourth-order valence-corrected chi connectivity index (χ4v) is 2.74. The summed E-state index contributed by atoms with van der Waals surface area (Å²) in [6.07, 6.45) is 4.78. The SMILES string of the molecule is CC(C(=O)O)c1ccc(N2Cc3ccccc3C2=O)cc1.c1c[n-]cn1. The van der Waals surface area contributed by atoms with Gasteiger partial charge in [-0.2, -0.15) is 0 Å². The van der Waals surface area contributed by atoms with Crippen LogP contribution in [0.5, 0.6) is 0 Å². The van der Waals surface area contributed by atoms with Gasteiger partial charge in [-0.1, -0.05) is 49.1 Å². The van der Waals surface area contributed by atoms with Gasteiger partial charge in [-0.3, -0.25) is 9.59 Å². The largest absolute Gasteiger partial charge is 0.481 e. The van der Waals surface area contributed by atoms with Gasteiger partial charge in [0.25, 0.3) is 5.91 Å². The van der Waals surface area contributed by atoms with Crippen molar-refractivity contribution in [2.75, 3.05) is 4.90 Å². The molecule has 1 amide bonds. The number of imidazole rings is 1. The molecule has 1 aliphatic rings. The summed E-state index contributed by atoms with van der Waals surface area (Å²) in [6.45, 7) is 2.21.